The zero-order valence-electron chi connectivity index (χ0n) is 13.0. The fourth-order valence-electron chi connectivity index (χ4n) is 2.83. The molecule has 0 bridgehead atoms. The second kappa shape index (κ2) is 9.60. The average molecular weight is 295 g/mol. The van der Waals surface area contributed by atoms with Gasteiger partial charge in [-0.3, -0.25) is 0 Å². The summed E-state index contributed by atoms with van der Waals surface area (Å²) in [6.07, 6.45) is 11.9. The van der Waals surface area contributed by atoms with Gasteiger partial charge in [0.15, 0.2) is 0 Å². The largest absolute Gasteiger partial charge is 0.145 e. The molecule has 0 aliphatic carbocycles. The number of benzene rings is 2. The van der Waals surface area contributed by atoms with Crippen LogP contribution >= 0.6 is 0 Å². The van der Waals surface area contributed by atoms with Crippen LogP contribution < -0.4 is 0 Å². The Morgan fingerprint density at radius 3 is 2.14 bits per heavy atom. The third-order valence-corrected chi connectivity index (χ3v) is 4.39. The minimum atomic E-state index is 1.13. The molecule has 0 aliphatic heterocycles. The van der Waals surface area contributed by atoms with Crippen LogP contribution in [0.4, 0.5) is 0 Å². The third kappa shape index (κ3) is 5.91. The van der Waals surface area contributed by atoms with Crippen LogP contribution in [-0.4, -0.2) is 9.68 Å². The number of aryl methyl sites for hydroxylation is 1. The lowest BCUT2D eigenvalue weighted by Gasteiger charge is -2.04. The predicted octanol–water partition coefficient (Wildman–Crippen LogP) is 5.36. The van der Waals surface area contributed by atoms with Crippen LogP contribution in [0.1, 0.15) is 56.9 Å². The lowest BCUT2D eigenvalue weighted by molar-refractivity contribution is 0.583. The van der Waals surface area contributed by atoms with E-state index >= 15 is 0 Å². The zero-order chi connectivity index (χ0) is 14.8. The van der Waals surface area contributed by atoms with Crippen molar-refractivity contribution in [1.82, 2.24) is 0 Å². The van der Waals surface area contributed by atoms with Gasteiger partial charge in [-0.15, -0.1) is 5.50 Å². The van der Waals surface area contributed by atoms with E-state index in [0.717, 1.165) is 6.42 Å². The highest BCUT2D eigenvalue weighted by molar-refractivity contribution is 5.95. The molecule has 0 aromatic heterocycles. The fourth-order valence-corrected chi connectivity index (χ4v) is 3.04. The Balaban J connectivity index is 1.61. The molecule has 1 heteroatoms. The maximum Gasteiger partial charge on any atom is 0.00143 e. The average Bonchev–Trinajstić information content (AvgIpc) is 2.53. The van der Waals surface area contributed by atoms with Gasteiger partial charge in [0, 0.05) is 6.42 Å². The van der Waals surface area contributed by atoms with Crippen molar-refractivity contribution in [3.63, 3.8) is 0 Å². The van der Waals surface area contributed by atoms with Crippen molar-refractivity contribution in [3.05, 3.63) is 48.0 Å². The molecule has 0 spiro atoms. The summed E-state index contributed by atoms with van der Waals surface area (Å²) in [7, 11) is 2.57. The van der Waals surface area contributed by atoms with Gasteiger partial charge in [-0.05, 0) is 45.3 Å². The lowest BCUT2D eigenvalue weighted by atomic mass is 10.0. The molecule has 0 saturated heterocycles. The Morgan fingerprint density at radius 2 is 1.38 bits per heavy atom. The monoisotopic (exact) mass is 294 g/mol. The van der Waals surface area contributed by atoms with Gasteiger partial charge >= 0.3 is 0 Å². The maximum atomic E-state index is 3.13. The van der Waals surface area contributed by atoms with E-state index in [-0.39, 0.29) is 0 Å². The molecule has 0 radical (unpaired) electrons. The summed E-state index contributed by atoms with van der Waals surface area (Å²) in [6, 6.07) is 15.5. The Morgan fingerprint density at radius 1 is 0.714 bits per heavy atom. The minimum absolute atomic E-state index is 1.13. The molecule has 0 fully saturated rings. The SMILES string of the molecule is [SiH]#CCCCCCCCCCc1ccc2ccccc2c1. The Bertz CT molecular complexity index is 580. The van der Waals surface area contributed by atoms with Gasteiger partial charge in [0.05, 0.1) is 0 Å². The highest BCUT2D eigenvalue weighted by atomic mass is 28.1. The van der Waals surface area contributed by atoms with Crippen LogP contribution in [-0.2, 0) is 6.42 Å². The first-order valence-corrected chi connectivity index (χ1v) is 8.89. The van der Waals surface area contributed by atoms with E-state index in [1.54, 1.807) is 0 Å². The molecule has 0 N–H and O–H groups in total. The van der Waals surface area contributed by atoms with E-state index in [1.807, 2.05) is 0 Å². The molecule has 0 nitrogen and oxygen atoms in total. The van der Waals surface area contributed by atoms with Crippen molar-refractivity contribution in [2.75, 3.05) is 0 Å². The topological polar surface area (TPSA) is 0 Å². The van der Waals surface area contributed by atoms with Gasteiger partial charge in [-0.1, -0.05) is 74.6 Å². The lowest BCUT2D eigenvalue weighted by Crippen LogP contribution is -1.87. The number of rotatable bonds is 9. The van der Waals surface area contributed by atoms with Gasteiger partial charge in [0.2, 0.25) is 0 Å². The standard InChI is InChI=1S/C20H26Si/c21-16-10-6-4-2-1-3-5-7-11-18-14-15-19-12-8-9-13-20(19)17-18/h8-9,12-15,17,21H,1-7,10-11H2. The molecule has 21 heavy (non-hydrogen) atoms. The summed E-state index contributed by atoms with van der Waals surface area (Å²) in [5.41, 5.74) is 4.61. The number of hydrogen-bond donors (Lipinski definition) is 0. The molecular weight excluding hydrogens is 268 g/mol. The smallest absolute Gasteiger partial charge is 0.00143 e. The quantitative estimate of drug-likeness (QED) is 0.431. The molecule has 0 aliphatic rings. The fraction of sp³-hybridized carbons (Fsp3) is 0.450. The van der Waals surface area contributed by atoms with E-state index in [1.165, 1.54) is 67.7 Å². The van der Waals surface area contributed by atoms with Crippen LogP contribution in [0.5, 0.6) is 0 Å². The van der Waals surface area contributed by atoms with Crippen LogP contribution in [0.25, 0.3) is 10.8 Å². The molecule has 0 atom stereocenters. The normalized spacial score (nSPS) is 10.6. The number of unbranched alkanes of at least 4 members (excludes halogenated alkanes) is 7. The van der Waals surface area contributed by atoms with Gasteiger partial charge in [0.25, 0.3) is 0 Å². The summed E-state index contributed by atoms with van der Waals surface area (Å²) in [6.45, 7) is 0. The van der Waals surface area contributed by atoms with Crippen molar-refractivity contribution >= 4 is 20.5 Å². The Labute approximate surface area is 132 Å². The van der Waals surface area contributed by atoms with Gasteiger partial charge in [-0.25, -0.2) is 0 Å². The van der Waals surface area contributed by atoms with Crippen LogP contribution in [0.2, 0.25) is 0 Å². The summed E-state index contributed by atoms with van der Waals surface area (Å²) in [5, 5.41) is 2.72. The van der Waals surface area contributed by atoms with Gasteiger partial charge in [-0.2, -0.15) is 0 Å². The van der Waals surface area contributed by atoms with Crippen molar-refractivity contribution in [2.45, 2.75) is 57.8 Å². The first-order valence-electron chi connectivity index (χ1n) is 8.31. The van der Waals surface area contributed by atoms with Crippen LogP contribution in [0, 0.1) is 5.50 Å². The zero-order valence-corrected chi connectivity index (χ0v) is 14.1. The van der Waals surface area contributed by atoms with E-state index < -0.39 is 0 Å². The first kappa shape index (κ1) is 16.1. The minimum Gasteiger partial charge on any atom is -0.145 e. The summed E-state index contributed by atoms with van der Waals surface area (Å²) in [4.78, 5) is 0. The van der Waals surface area contributed by atoms with Crippen molar-refractivity contribution < 1.29 is 0 Å². The Hall–Kier alpha value is -1.30. The molecule has 0 saturated carbocycles. The van der Waals surface area contributed by atoms with Crippen LogP contribution in [0.3, 0.4) is 0 Å². The highest BCUT2D eigenvalue weighted by Gasteiger charge is 1.97. The van der Waals surface area contributed by atoms with E-state index in [4.69, 9.17) is 0 Å². The van der Waals surface area contributed by atoms with Gasteiger partial charge < -0.3 is 0 Å². The summed E-state index contributed by atoms with van der Waals surface area (Å²) >= 11 is 0. The number of fused-ring (bicyclic) bond motifs is 1. The van der Waals surface area contributed by atoms with Crippen molar-refractivity contribution in [3.8, 4) is 5.50 Å². The van der Waals surface area contributed by atoms with E-state index in [0.29, 0.717) is 0 Å². The maximum absolute atomic E-state index is 3.13. The second-order valence-corrected chi connectivity index (χ2v) is 6.27. The predicted molar refractivity (Wildman–Crippen MR) is 95.6 cm³/mol. The summed E-state index contributed by atoms with van der Waals surface area (Å²) in [5.74, 6) is 0. The highest BCUT2D eigenvalue weighted by Crippen LogP contribution is 2.17. The molecule has 0 unspecified atom stereocenters. The molecule has 0 amide bonds. The van der Waals surface area contributed by atoms with E-state index in [2.05, 4.69) is 57.6 Å². The van der Waals surface area contributed by atoms with Gasteiger partial charge in [0.1, 0.15) is 0 Å². The molecule has 110 valence electrons. The first-order chi connectivity index (χ1) is 10.4. The summed E-state index contributed by atoms with van der Waals surface area (Å²) < 4.78 is 0. The molecule has 2 aromatic rings. The molecule has 2 rings (SSSR count). The van der Waals surface area contributed by atoms with E-state index in [9.17, 15) is 0 Å². The number of hydrogen-bond acceptors (Lipinski definition) is 0. The van der Waals surface area contributed by atoms with Crippen molar-refractivity contribution in [2.24, 2.45) is 0 Å². The van der Waals surface area contributed by atoms with Crippen molar-refractivity contribution in [1.29, 1.82) is 0 Å². The molecular formula is C20H26Si. The Kier molecular flexibility index (Phi) is 7.35. The molecule has 2 aromatic carbocycles. The third-order valence-electron chi connectivity index (χ3n) is 4.10. The second-order valence-electron chi connectivity index (χ2n) is 5.86. The molecule has 0 heterocycles. The van der Waals surface area contributed by atoms with Crippen LogP contribution in [0.15, 0.2) is 42.5 Å².